The van der Waals surface area contributed by atoms with Crippen molar-refractivity contribution in [3.05, 3.63) is 29.3 Å². The van der Waals surface area contributed by atoms with Gasteiger partial charge in [-0.1, -0.05) is 6.07 Å². The van der Waals surface area contributed by atoms with Gasteiger partial charge in [0.25, 0.3) is 5.91 Å². The Kier molecular flexibility index (Phi) is 4.79. The number of aliphatic hydroxyl groups excluding tert-OH is 1. The predicted octanol–water partition coefficient (Wildman–Crippen LogP) is 1.20. The number of aliphatic hydroxyl groups is 1. The summed E-state index contributed by atoms with van der Waals surface area (Å²) in [6.07, 6.45) is 1.43. The highest BCUT2D eigenvalue weighted by molar-refractivity contribution is 5.96. The van der Waals surface area contributed by atoms with E-state index in [1.54, 1.807) is 25.1 Å². The molecule has 0 aliphatic heterocycles. The van der Waals surface area contributed by atoms with Gasteiger partial charge >= 0.3 is 0 Å². The number of nitrogens with one attached hydrogen (secondary N) is 1. The molecule has 0 atom stereocenters. The fourth-order valence-corrected chi connectivity index (χ4v) is 1.40. The van der Waals surface area contributed by atoms with Crippen molar-refractivity contribution >= 4 is 5.91 Å². The molecule has 88 valence electrons. The van der Waals surface area contributed by atoms with E-state index in [0.29, 0.717) is 24.1 Å². The van der Waals surface area contributed by atoms with E-state index in [9.17, 15) is 9.90 Å². The van der Waals surface area contributed by atoms with Crippen molar-refractivity contribution < 1.29 is 15.0 Å². The normalized spacial score (nSPS) is 10.1. The van der Waals surface area contributed by atoms with Crippen molar-refractivity contribution in [3.8, 4) is 5.75 Å². The van der Waals surface area contributed by atoms with E-state index >= 15 is 0 Å². The Balaban J connectivity index is 2.56. The third-order valence-corrected chi connectivity index (χ3v) is 2.42. The zero-order chi connectivity index (χ0) is 12.0. The maximum atomic E-state index is 11.7. The fourth-order valence-electron chi connectivity index (χ4n) is 1.40. The van der Waals surface area contributed by atoms with Gasteiger partial charge in [-0.15, -0.1) is 0 Å². The van der Waals surface area contributed by atoms with Gasteiger partial charge in [-0.2, -0.15) is 0 Å². The topological polar surface area (TPSA) is 69.6 Å². The van der Waals surface area contributed by atoms with Crippen LogP contribution in [-0.2, 0) is 0 Å². The van der Waals surface area contributed by atoms with Crippen molar-refractivity contribution in [3.63, 3.8) is 0 Å². The van der Waals surface area contributed by atoms with Crippen molar-refractivity contribution in [2.24, 2.45) is 0 Å². The Morgan fingerprint density at radius 3 is 2.81 bits per heavy atom. The van der Waals surface area contributed by atoms with E-state index < -0.39 is 0 Å². The highest BCUT2D eigenvalue weighted by Crippen LogP contribution is 2.19. The molecular formula is C12H17NO3. The lowest BCUT2D eigenvalue weighted by molar-refractivity contribution is 0.0951. The molecule has 3 N–H and O–H groups in total. The average molecular weight is 223 g/mol. The molecule has 0 saturated carbocycles. The molecule has 1 aromatic carbocycles. The molecule has 0 aliphatic carbocycles. The molecular weight excluding hydrogens is 206 g/mol. The number of unbranched alkanes of at least 4 members (excludes halogenated alkanes) is 1. The molecule has 0 heterocycles. The van der Waals surface area contributed by atoms with Crippen LogP contribution in [-0.4, -0.2) is 29.3 Å². The third kappa shape index (κ3) is 3.24. The summed E-state index contributed by atoms with van der Waals surface area (Å²) in [7, 11) is 0. The highest BCUT2D eigenvalue weighted by atomic mass is 16.3. The molecule has 16 heavy (non-hydrogen) atoms. The van der Waals surface area contributed by atoms with E-state index in [1.165, 1.54) is 0 Å². The number of amides is 1. The molecule has 0 bridgehead atoms. The van der Waals surface area contributed by atoms with Crippen molar-refractivity contribution in [1.29, 1.82) is 0 Å². The van der Waals surface area contributed by atoms with E-state index in [0.717, 1.165) is 6.42 Å². The summed E-state index contributed by atoms with van der Waals surface area (Å²) in [5.74, 6) is -0.0608. The largest absolute Gasteiger partial charge is 0.508 e. The summed E-state index contributed by atoms with van der Waals surface area (Å²) in [4.78, 5) is 11.7. The van der Waals surface area contributed by atoms with Crippen LogP contribution in [0.25, 0.3) is 0 Å². The Morgan fingerprint density at radius 2 is 2.12 bits per heavy atom. The summed E-state index contributed by atoms with van der Waals surface area (Å²) in [6.45, 7) is 2.38. The zero-order valence-electron chi connectivity index (χ0n) is 9.36. The summed E-state index contributed by atoms with van der Waals surface area (Å²) in [5.41, 5.74) is 1.08. The summed E-state index contributed by atoms with van der Waals surface area (Å²) in [5, 5.41) is 20.8. The van der Waals surface area contributed by atoms with Gasteiger partial charge in [0.05, 0.1) is 0 Å². The minimum Gasteiger partial charge on any atom is -0.508 e. The molecule has 1 rings (SSSR count). The second-order valence-corrected chi connectivity index (χ2v) is 3.64. The first-order chi connectivity index (χ1) is 7.66. The summed E-state index contributed by atoms with van der Waals surface area (Å²) in [6, 6.07) is 4.87. The molecule has 0 saturated heterocycles. The number of phenolic OH excluding ortho intramolecular Hbond substituents is 1. The van der Waals surface area contributed by atoms with Crippen molar-refractivity contribution in [1.82, 2.24) is 5.32 Å². The Labute approximate surface area is 94.9 Å². The van der Waals surface area contributed by atoms with E-state index in [2.05, 4.69) is 5.32 Å². The van der Waals surface area contributed by atoms with Gasteiger partial charge in [0, 0.05) is 24.3 Å². The number of hydrogen-bond acceptors (Lipinski definition) is 3. The van der Waals surface area contributed by atoms with Gasteiger partial charge in [0.15, 0.2) is 0 Å². The zero-order valence-corrected chi connectivity index (χ0v) is 9.36. The molecule has 0 aromatic heterocycles. The van der Waals surface area contributed by atoms with E-state index in [-0.39, 0.29) is 18.3 Å². The third-order valence-electron chi connectivity index (χ3n) is 2.42. The minimum absolute atomic E-state index is 0.128. The Morgan fingerprint density at radius 1 is 1.38 bits per heavy atom. The number of aromatic hydroxyl groups is 1. The SMILES string of the molecule is Cc1c(O)cccc1C(=O)NCCCCO. The Hall–Kier alpha value is -1.55. The predicted molar refractivity (Wildman–Crippen MR) is 61.5 cm³/mol. The maximum Gasteiger partial charge on any atom is 0.251 e. The maximum absolute atomic E-state index is 11.7. The van der Waals surface area contributed by atoms with Crippen LogP contribution in [0, 0.1) is 6.92 Å². The van der Waals surface area contributed by atoms with Gasteiger partial charge in [0.1, 0.15) is 5.75 Å². The molecule has 0 fully saturated rings. The first-order valence-corrected chi connectivity index (χ1v) is 5.34. The lowest BCUT2D eigenvalue weighted by Gasteiger charge is -2.08. The lowest BCUT2D eigenvalue weighted by atomic mass is 10.1. The number of carbonyl (C=O) groups excluding carboxylic acids is 1. The van der Waals surface area contributed by atoms with Crippen LogP contribution in [0.5, 0.6) is 5.75 Å². The second kappa shape index (κ2) is 6.12. The van der Waals surface area contributed by atoms with Crippen LogP contribution < -0.4 is 5.32 Å². The Bertz CT molecular complexity index is 363. The van der Waals surface area contributed by atoms with Gasteiger partial charge < -0.3 is 15.5 Å². The van der Waals surface area contributed by atoms with Crippen LogP contribution in [0.4, 0.5) is 0 Å². The minimum atomic E-state index is -0.189. The fraction of sp³-hybridized carbons (Fsp3) is 0.417. The molecule has 4 nitrogen and oxygen atoms in total. The summed E-state index contributed by atoms with van der Waals surface area (Å²) >= 11 is 0. The van der Waals surface area contributed by atoms with Crippen LogP contribution in [0.3, 0.4) is 0 Å². The number of hydrogen-bond donors (Lipinski definition) is 3. The average Bonchev–Trinajstić information content (AvgIpc) is 2.28. The number of rotatable bonds is 5. The summed E-state index contributed by atoms with van der Waals surface area (Å²) < 4.78 is 0. The van der Waals surface area contributed by atoms with Crippen molar-refractivity contribution in [2.75, 3.05) is 13.2 Å². The molecule has 1 amide bonds. The molecule has 0 spiro atoms. The van der Waals surface area contributed by atoms with Crippen LogP contribution in [0.2, 0.25) is 0 Å². The smallest absolute Gasteiger partial charge is 0.251 e. The number of carbonyl (C=O) groups is 1. The second-order valence-electron chi connectivity index (χ2n) is 3.64. The monoisotopic (exact) mass is 223 g/mol. The molecule has 0 unspecified atom stereocenters. The van der Waals surface area contributed by atoms with Gasteiger partial charge in [-0.05, 0) is 31.9 Å². The van der Waals surface area contributed by atoms with Crippen molar-refractivity contribution in [2.45, 2.75) is 19.8 Å². The molecule has 1 aromatic rings. The first kappa shape index (κ1) is 12.5. The van der Waals surface area contributed by atoms with E-state index in [1.807, 2.05) is 0 Å². The highest BCUT2D eigenvalue weighted by Gasteiger charge is 2.10. The van der Waals surface area contributed by atoms with Crippen LogP contribution >= 0.6 is 0 Å². The quantitative estimate of drug-likeness (QED) is 0.657. The van der Waals surface area contributed by atoms with Gasteiger partial charge in [-0.3, -0.25) is 4.79 Å². The van der Waals surface area contributed by atoms with Crippen LogP contribution in [0.15, 0.2) is 18.2 Å². The lowest BCUT2D eigenvalue weighted by Crippen LogP contribution is -2.25. The van der Waals surface area contributed by atoms with E-state index in [4.69, 9.17) is 5.11 Å². The van der Waals surface area contributed by atoms with Gasteiger partial charge in [-0.25, -0.2) is 0 Å². The molecule has 0 radical (unpaired) electrons. The molecule has 4 heteroatoms. The van der Waals surface area contributed by atoms with Gasteiger partial charge in [0.2, 0.25) is 0 Å². The van der Waals surface area contributed by atoms with Crippen LogP contribution in [0.1, 0.15) is 28.8 Å². The molecule has 0 aliphatic rings. The standard InChI is InChI=1S/C12H17NO3/c1-9-10(5-4-6-11(9)15)12(16)13-7-2-3-8-14/h4-6,14-15H,2-3,7-8H2,1H3,(H,13,16). The number of benzene rings is 1. The first-order valence-electron chi connectivity index (χ1n) is 5.34. The number of phenols is 1.